The largest absolute Gasteiger partial charge is 0.454 e. The van der Waals surface area contributed by atoms with Gasteiger partial charge in [-0.1, -0.05) is 6.07 Å². The first-order valence-electron chi connectivity index (χ1n) is 6.22. The highest BCUT2D eigenvalue weighted by atomic mass is 19.1. The topological polar surface area (TPSA) is 86.5 Å². The molecule has 6 nitrogen and oxygen atoms in total. The Balaban J connectivity index is 1.70. The smallest absolute Gasteiger partial charge is 0.254 e. The molecule has 0 spiro atoms. The quantitative estimate of drug-likeness (QED) is 0.893. The van der Waals surface area contributed by atoms with Crippen molar-refractivity contribution in [2.45, 2.75) is 6.54 Å². The summed E-state index contributed by atoms with van der Waals surface area (Å²) >= 11 is 0. The van der Waals surface area contributed by atoms with Crippen LogP contribution in [-0.2, 0) is 6.54 Å². The second kappa shape index (κ2) is 5.28. The van der Waals surface area contributed by atoms with Crippen LogP contribution < -0.4 is 20.5 Å². The van der Waals surface area contributed by atoms with Gasteiger partial charge in [0.15, 0.2) is 23.1 Å². The minimum atomic E-state index is -0.819. The van der Waals surface area contributed by atoms with Gasteiger partial charge in [-0.15, -0.1) is 0 Å². The van der Waals surface area contributed by atoms with Gasteiger partial charge in [0, 0.05) is 12.7 Å². The van der Waals surface area contributed by atoms with Crippen molar-refractivity contribution in [1.29, 1.82) is 0 Å². The van der Waals surface area contributed by atoms with Crippen LogP contribution in [0.1, 0.15) is 15.9 Å². The van der Waals surface area contributed by atoms with Crippen LogP contribution in [0, 0.1) is 5.82 Å². The maximum Gasteiger partial charge on any atom is 0.254 e. The number of hydrogen-bond acceptors (Lipinski definition) is 5. The number of nitrogen functional groups attached to an aromatic ring is 1. The highest BCUT2D eigenvalue weighted by Crippen LogP contribution is 2.32. The van der Waals surface area contributed by atoms with Crippen LogP contribution in [0.4, 0.5) is 10.2 Å². The van der Waals surface area contributed by atoms with Crippen molar-refractivity contribution in [3.8, 4) is 11.5 Å². The molecule has 21 heavy (non-hydrogen) atoms. The van der Waals surface area contributed by atoms with E-state index in [9.17, 15) is 9.18 Å². The Morgan fingerprint density at radius 2 is 2.14 bits per heavy atom. The summed E-state index contributed by atoms with van der Waals surface area (Å²) in [5.74, 6) is -0.384. The van der Waals surface area contributed by atoms with Gasteiger partial charge in [-0.25, -0.2) is 9.37 Å². The average Bonchev–Trinajstić information content (AvgIpc) is 2.95. The number of rotatable bonds is 3. The molecule has 1 aromatic heterocycles. The molecule has 1 amide bonds. The number of fused-ring (bicyclic) bond motifs is 1. The Hall–Kier alpha value is -2.83. The highest BCUT2D eigenvalue weighted by molar-refractivity contribution is 5.95. The molecule has 7 heteroatoms. The fourth-order valence-electron chi connectivity index (χ4n) is 1.96. The zero-order chi connectivity index (χ0) is 14.8. The molecular weight excluding hydrogens is 277 g/mol. The molecule has 0 bridgehead atoms. The first kappa shape index (κ1) is 13.2. The molecule has 0 radical (unpaired) electrons. The SMILES string of the molecule is Nc1nccc(C(=O)NCc2ccc3c(c2)OCO3)c1F. The maximum absolute atomic E-state index is 13.7. The van der Waals surface area contributed by atoms with E-state index in [1.165, 1.54) is 12.3 Å². The Morgan fingerprint density at radius 3 is 3.00 bits per heavy atom. The predicted molar refractivity (Wildman–Crippen MR) is 72.3 cm³/mol. The average molecular weight is 289 g/mol. The van der Waals surface area contributed by atoms with E-state index < -0.39 is 11.7 Å². The van der Waals surface area contributed by atoms with Gasteiger partial charge in [-0.05, 0) is 23.8 Å². The number of amides is 1. The van der Waals surface area contributed by atoms with Crippen LogP contribution >= 0.6 is 0 Å². The van der Waals surface area contributed by atoms with Crippen molar-refractivity contribution in [3.63, 3.8) is 0 Å². The van der Waals surface area contributed by atoms with E-state index in [4.69, 9.17) is 15.2 Å². The zero-order valence-electron chi connectivity index (χ0n) is 10.9. The van der Waals surface area contributed by atoms with E-state index >= 15 is 0 Å². The Morgan fingerprint density at radius 1 is 1.33 bits per heavy atom. The third-order valence-corrected chi connectivity index (χ3v) is 3.05. The molecule has 0 atom stereocenters. The first-order chi connectivity index (χ1) is 10.1. The number of nitrogens with two attached hydrogens (primary N) is 1. The van der Waals surface area contributed by atoms with Crippen LogP contribution in [0.15, 0.2) is 30.5 Å². The fourth-order valence-corrected chi connectivity index (χ4v) is 1.96. The number of pyridine rings is 1. The summed E-state index contributed by atoms with van der Waals surface area (Å²) in [6.07, 6.45) is 1.29. The number of ether oxygens (including phenoxy) is 2. The van der Waals surface area contributed by atoms with Gasteiger partial charge in [0.25, 0.3) is 5.91 Å². The second-order valence-electron chi connectivity index (χ2n) is 4.43. The summed E-state index contributed by atoms with van der Waals surface area (Å²) in [4.78, 5) is 15.5. The summed E-state index contributed by atoms with van der Waals surface area (Å²) in [6, 6.07) is 6.60. The van der Waals surface area contributed by atoms with Gasteiger partial charge in [0.05, 0.1) is 5.56 Å². The second-order valence-corrected chi connectivity index (χ2v) is 4.43. The van der Waals surface area contributed by atoms with E-state index in [0.717, 1.165) is 5.56 Å². The van der Waals surface area contributed by atoms with Crippen molar-refractivity contribution < 1.29 is 18.7 Å². The summed E-state index contributed by atoms with van der Waals surface area (Å²) in [5, 5.41) is 2.62. The van der Waals surface area contributed by atoms with Gasteiger partial charge < -0.3 is 20.5 Å². The van der Waals surface area contributed by atoms with Crippen LogP contribution in [0.25, 0.3) is 0 Å². The lowest BCUT2D eigenvalue weighted by Crippen LogP contribution is -2.24. The van der Waals surface area contributed by atoms with Crippen molar-refractivity contribution >= 4 is 11.7 Å². The molecule has 2 heterocycles. The predicted octanol–water partition coefficient (Wildman–Crippen LogP) is 1.46. The molecule has 0 fully saturated rings. The van der Waals surface area contributed by atoms with Gasteiger partial charge >= 0.3 is 0 Å². The third kappa shape index (κ3) is 2.58. The summed E-state index contributed by atoms with van der Waals surface area (Å²) in [6.45, 7) is 0.420. The van der Waals surface area contributed by atoms with E-state index in [1.54, 1.807) is 18.2 Å². The minimum absolute atomic E-state index is 0.136. The molecule has 0 unspecified atom stereocenters. The number of nitrogens with one attached hydrogen (secondary N) is 1. The lowest BCUT2D eigenvalue weighted by molar-refractivity contribution is 0.0946. The molecule has 3 rings (SSSR count). The number of benzene rings is 1. The monoisotopic (exact) mass is 289 g/mol. The van der Waals surface area contributed by atoms with Gasteiger partial charge in [-0.2, -0.15) is 0 Å². The van der Waals surface area contributed by atoms with E-state index in [1.807, 2.05) is 0 Å². The Labute approximate surface area is 119 Å². The summed E-state index contributed by atoms with van der Waals surface area (Å²) in [5.41, 5.74) is 6.01. The summed E-state index contributed by atoms with van der Waals surface area (Å²) < 4.78 is 24.1. The van der Waals surface area contributed by atoms with E-state index in [2.05, 4.69) is 10.3 Å². The molecule has 1 aliphatic rings. The molecule has 0 aliphatic carbocycles. The van der Waals surface area contributed by atoms with Gasteiger partial charge in [0.1, 0.15) is 0 Å². The van der Waals surface area contributed by atoms with E-state index in [0.29, 0.717) is 11.5 Å². The van der Waals surface area contributed by atoms with Crippen molar-refractivity contribution in [2.24, 2.45) is 0 Å². The van der Waals surface area contributed by atoms with Crippen LogP contribution in [0.3, 0.4) is 0 Å². The maximum atomic E-state index is 13.7. The van der Waals surface area contributed by atoms with E-state index in [-0.39, 0.29) is 24.7 Å². The van der Waals surface area contributed by atoms with Crippen LogP contribution in [0.5, 0.6) is 11.5 Å². The molecule has 1 aliphatic heterocycles. The number of carbonyl (C=O) groups is 1. The lowest BCUT2D eigenvalue weighted by Gasteiger charge is -2.07. The van der Waals surface area contributed by atoms with Gasteiger partial charge in [-0.3, -0.25) is 4.79 Å². The number of halogens is 1. The van der Waals surface area contributed by atoms with Crippen LogP contribution in [0.2, 0.25) is 0 Å². The molecule has 108 valence electrons. The summed E-state index contributed by atoms with van der Waals surface area (Å²) in [7, 11) is 0. The molecule has 0 saturated heterocycles. The fraction of sp³-hybridized carbons (Fsp3) is 0.143. The van der Waals surface area contributed by atoms with Crippen molar-refractivity contribution in [1.82, 2.24) is 10.3 Å². The first-order valence-corrected chi connectivity index (χ1v) is 6.22. The number of carbonyl (C=O) groups excluding carboxylic acids is 1. The number of anilines is 1. The normalized spacial score (nSPS) is 12.2. The molecule has 0 saturated carbocycles. The van der Waals surface area contributed by atoms with Crippen molar-refractivity contribution in [3.05, 3.63) is 47.4 Å². The zero-order valence-corrected chi connectivity index (χ0v) is 10.9. The van der Waals surface area contributed by atoms with Crippen LogP contribution in [-0.4, -0.2) is 17.7 Å². The Bertz CT molecular complexity index is 706. The Kier molecular flexibility index (Phi) is 3.31. The molecular formula is C14H12FN3O3. The highest BCUT2D eigenvalue weighted by Gasteiger charge is 2.16. The number of hydrogen-bond donors (Lipinski definition) is 2. The molecule has 2 aromatic rings. The lowest BCUT2D eigenvalue weighted by atomic mass is 10.2. The van der Waals surface area contributed by atoms with Gasteiger partial charge in [0.2, 0.25) is 6.79 Å². The molecule has 3 N–H and O–H groups in total. The third-order valence-electron chi connectivity index (χ3n) is 3.05. The molecule has 1 aromatic carbocycles. The minimum Gasteiger partial charge on any atom is -0.454 e. The standard InChI is InChI=1S/C14H12FN3O3/c15-12-9(3-4-17-13(12)16)14(19)18-6-8-1-2-10-11(5-8)21-7-20-10/h1-5H,6-7H2,(H2,16,17)(H,18,19). The number of aromatic nitrogens is 1. The number of nitrogens with zero attached hydrogens (tertiary/aromatic N) is 1. The van der Waals surface area contributed by atoms with Crippen molar-refractivity contribution in [2.75, 3.05) is 12.5 Å².